The molecule has 1 aliphatic rings. The number of pyridine rings is 1. The Kier molecular flexibility index (Phi) is 3.01. The van der Waals surface area contributed by atoms with Crippen LogP contribution in [0.3, 0.4) is 0 Å². The molecule has 2 N–H and O–H groups in total. The smallest absolute Gasteiger partial charge is 0.251 e. The maximum Gasteiger partial charge on any atom is 0.251 e. The third kappa shape index (κ3) is 2.42. The van der Waals surface area contributed by atoms with Crippen LogP contribution in [-0.2, 0) is 0 Å². The second kappa shape index (κ2) is 4.16. The number of alkyl halides is 2. The molecule has 1 saturated heterocycles. The molecule has 2 rings (SSSR count). The van der Waals surface area contributed by atoms with Crippen molar-refractivity contribution in [2.45, 2.75) is 18.8 Å². The van der Waals surface area contributed by atoms with Gasteiger partial charge >= 0.3 is 0 Å². The molecule has 1 aliphatic heterocycles. The summed E-state index contributed by atoms with van der Waals surface area (Å²) in [6.45, 7) is 0.630. The van der Waals surface area contributed by atoms with Crippen LogP contribution in [0.15, 0.2) is 16.7 Å². The molecule has 2 heterocycles. The van der Waals surface area contributed by atoms with E-state index >= 15 is 0 Å². The van der Waals surface area contributed by atoms with Crippen molar-refractivity contribution in [1.82, 2.24) is 4.98 Å². The lowest BCUT2D eigenvalue weighted by molar-refractivity contribution is -0.0220. The third-order valence-corrected chi connectivity index (χ3v) is 3.13. The summed E-state index contributed by atoms with van der Waals surface area (Å²) in [7, 11) is 0. The molecular formula is C10H12BrF2N3. The Balaban J connectivity index is 2.17. The van der Waals surface area contributed by atoms with E-state index in [4.69, 9.17) is 5.73 Å². The summed E-state index contributed by atoms with van der Waals surface area (Å²) in [6.07, 6.45) is 1.34. The van der Waals surface area contributed by atoms with Gasteiger partial charge in [0.15, 0.2) is 0 Å². The number of nitrogen functional groups attached to an aromatic ring is 1. The first-order valence-electron chi connectivity index (χ1n) is 5.02. The van der Waals surface area contributed by atoms with E-state index in [9.17, 15) is 8.78 Å². The van der Waals surface area contributed by atoms with Crippen LogP contribution in [0, 0.1) is 0 Å². The first-order valence-corrected chi connectivity index (χ1v) is 5.81. The summed E-state index contributed by atoms with van der Waals surface area (Å²) >= 11 is 3.29. The summed E-state index contributed by atoms with van der Waals surface area (Å²) in [4.78, 5) is 5.84. The maximum absolute atomic E-state index is 13.0. The maximum atomic E-state index is 13.0. The van der Waals surface area contributed by atoms with E-state index in [0.717, 1.165) is 10.2 Å². The summed E-state index contributed by atoms with van der Waals surface area (Å²) < 4.78 is 26.8. The van der Waals surface area contributed by atoms with Gasteiger partial charge in [0.05, 0.1) is 5.69 Å². The van der Waals surface area contributed by atoms with Crippen LogP contribution < -0.4 is 10.6 Å². The molecule has 0 aliphatic carbocycles. The average molecular weight is 292 g/mol. The predicted octanol–water partition coefficient (Wildman–Crippen LogP) is 2.66. The summed E-state index contributed by atoms with van der Waals surface area (Å²) in [6, 6.07) is 1.81. The minimum Gasteiger partial charge on any atom is -0.382 e. The third-order valence-electron chi connectivity index (χ3n) is 2.70. The first-order chi connectivity index (χ1) is 7.48. The van der Waals surface area contributed by atoms with Crippen LogP contribution in [0.1, 0.15) is 12.8 Å². The van der Waals surface area contributed by atoms with E-state index in [0.29, 0.717) is 18.9 Å². The summed E-state index contributed by atoms with van der Waals surface area (Å²) in [5.41, 5.74) is 6.45. The molecule has 1 aromatic heterocycles. The molecule has 0 spiro atoms. The lowest BCUT2D eigenvalue weighted by atomic mass is 10.1. The van der Waals surface area contributed by atoms with Crippen molar-refractivity contribution in [2.75, 3.05) is 23.7 Å². The molecule has 0 bridgehead atoms. The molecule has 0 atom stereocenters. The number of aromatic nitrogens is 1. The van der Waals surface area contributed by atoms with E-state index in [1.807, 2.05) is 11.0 Å². The van der Waals surface area contributed by atoms with Gasteiger partial charge in [-0.1, -0.05) is 0 Å². The van der Waals surface area contributed by atoms with Crippen molar-refractivity contribution in [3.8, 4) is 0 Å². The minimum absolute atomic E-state index is 0.126. The van der Waals surface area contributed by atoms with Crippen molar-refractivity contribution in [2.24, 2.45) is 0 Å². The van der Waals surface area contributed by atoms with Gasteiger partial charge in [-0.3, -0.25) is 0 Å². The Morgan fingerprint density at radius 1 is 1.38 bits per heavy atom. The van der Waals surface area contributed by atoms with E-state index in [1.165, 1.54) is 0 Å². The van der Waals surface area contributed by atoms with Crippen LogP contribution in [0.5, 0.6) is 0 Å². The standard InChI is InChI=1S/C10H12BrF2N3/c11-7-5-8(9(14)15-6-7)16-3-1-10(12,13)2-4-16/h5-6H,1-4H2,(H2,14,15). The van der Waals surface area contributed by atoms with Crippen molar-refractivity contribution in [1.29, 1.82) is 0 Å². The lowest BCUT2D eigenvalue weighted by Gasteiger charge is -2.33. The van der Waals surface area contributed by atoms with E-state index in [2.05, 4.69) is 20.9 Å². The van der Waals surface area contributed by atoms with Crippen molar-refractivity contribution in [3.05, 3.63) is 16.7 Å². The van der Waals surface area contributed by atoms with Crippen LogP contribution in [0.2, 0.25) is 0 Å². The van der Waals surface area contributed by atoms with Crippen LogP contribution in [0.4, 0.5) is 20.3 Å². The van der Waals surface area contributed by atoms with Crippen molar-refractivity contribution < 1.29 is 8.78 Å². The van der Waals surface area contributed by atoms with Crippen LogP contribution >= 0.6 is 15.9 Å². The molecule has 0 radical (unpaired) electrons. The Morgan fingerprint density at radius 2 is 2.00 bits per heavy atom. The van der Waals surface area contributed by atoms with Gasteiger partial charge in [-0.25, -0.2) is 13.8 Å². The zero-order valence-corrected chi connectivity index (χ0v) is 10.2. The fraction of sp³-hybridized carbons (Fsp3) is 0.500. The molecule has 88 valence electrons. The van der Waals surface area contributed by atoms with E-state index < -0.39 is 5.92 Å². The van der Waals surface area contributed by atoms with E-state index in [1.54, 1.807) is 6.20 Å². The molecule has 1 aromatic rings. The Labute approximate surface area is 101 Å². The van der Waals surface area contributed by atoms with Gasteiger partial charge in [-0.2, -0.15) is 0 Å². The quantitative estimate of drug-likeness (QED) is 0.865. The molecule has 0 amide bonds. The number of hydrogen-bond donors (Lipinski definition) is 1. The highest BCUT2D eigenvalue weighted by Gasteiger charge is 2.34. The lowest BCUT2D eigenvalue weighted by Crippen LogP contribution is -2.39. The Hall–Kier alpha value is -0.910. The number of rotatable bonds is 1. The SMILES string of the molecule is Nc1ncc(Br)cc1N1CCC(F)(F)CC1. The Morgan fingerprint density at radius 3 is 2.62 bits per heavy atom. The van der Waals surface area contributed by atoms with Gasteiger partial charge in [0.2, 0.25) is 0 Å². The second-order valence-corrected chi connectivity index (χ2v) is 4.82. The first kappa shape index (κ1) is 11.6. The minimum atomic E-state index is -2.54. The summed E-state index contributed by atoms with van der Waals surface area (Å²) in [5, 5.41) is 0. The van der Waals surface area contributed by atoms with Gasteiger partial charge in [0, 0.05) is 36.6 Å². The molecule has 0 saturated carbocycles. The second-order valence-electron chi connectivity index (χ2n) is 3.90. The molecule has 1 fully saturated rings. The average Bonchev–Trinajstić information content (AvgIpc) is 2.22. The van der Waals surface area contributed by atoms with Crippen molar-refractivity contribution in [3.63, 3.8) is 0 Å². The highest BCUT2D eigenvalue weighted by Crippen LogP contribution is 2.33. The fourth-order valence-corrected chi connectivity index (χ4v) is 2.09. The molecule has 0 unspecified atom stereocenters. The molecule has 3 nitrogen and oxygen atoms in total. The number of nitrogens with two attached hydrogens (primary N) is 1. The van der Waals surface area contributed by atoms with Gasteiger partial charge < -0.3 is 10.6 Å². The highest BCUT2D eigenvalue weighted by molar-refractivity contribution is 9.10. The zero-order chi connectivity index (χ0) is 11.8. The zero-order valence-electron chi connectivity index (χ0n) is 8.59. The molecular weight excluding hydrogens is 280 g/mol. The largest absolute Gasteiger partial charge is 0.382 e. The van der Waals surface area contributed by atoms with Crippen LogP contribution in [0.25, 0.3) is 0 Å². The number of nitrogens with zero attached hydrogens (tertiary/aromatic N) is 2. The molecule has 6 heteroatoms. The van der Waals surface area contributed by atoms with Gasteiger partial charge in [-0.05, 0) is 22.0 Å². The monoisotopic (exact) mass is 291 g/mol. The fourth-order valence-electron chi connectivity index (χ4n) is 1.77. The molecule has 16 heavy (non-hydrogen) atoms. The van der Waals surface area contributed by atoms with Gasteiger partial charge in [-0.15, -0.1) is 0 Å². The summed E-state index contributed by atoms with van der Waals surface area (Å²) in [5.74, 6) is -2.15. The number of piperidine rings is 1. The van der Waals surface area contributed by atoms with Gasteiger partial charge in [0.1, 0.15) is 5.82 Å². The topological polar surface area (TPSA) is 42.1 Å². The number of halogens is 3. The number of hydrogen-bond acceptors (Lipinski definition) is 3. The number of anilines is 2. The Bertz CT molecular complexity index is 388. The van der Waals surface area contributed by atoms with E-state index in [-0.39, 0.29) is 12.8 Å². The highest BCUT2D eigenvalue weighted by atomic mass is 79.9. The van der Waals surface area contributed by atoms with Gasteiger partial charge in [0.25, 0.3) is 5.92 Å². The normalized spacial score (nSPS) is 19.8. The molecule has 0 aromatic carbocycles. The van der Waals surface area contributed by atoms with Crippen LogP contribution in [-0.4, -0.2) is 24.0 Å². The van der Waals surface area contributed by atoms with Crippen molar-refractivity contribution >= 4 is 27.4 Å². The predicted molar refractivity (Wildman–Crippen MR) is 62.7 cm³/mol.